The molecule has 0 aliphatic heterocycles. The first-order valence-electron chi connectivity index (χ1n) is 12.5. The summed E-state index contributed by atoms with van der Waals surface area (Å²) in [5, 5.41) is 1.44. The Kier molecular flexibility index (Phi) is 8.93. The van der Waals surface area contributed by atoms with Crippen LogP contribution >= 0.6 is 11.6 Å². The van der Waals surface area contributed by atoms with Crippen molar-refractivity contribution in [2.45, 2.75) is 51.9 Å². The average molecular weight is 511 g/mol. The van der Waals surface area contributed by atoms with Crippen LogP contribution in [0.4, 0.5) is 13.2 Å². The highest BCUT2D eigenvalue weighted by atomic mass is 35.5. The Morgan fingerprint density at radius 1 is 0.694 bits per heavy atom. The molecule has 0 unspecified atom stereocenters. The fourth-order valence-corrected chi connectivity index (χ4v) is 4.47. The molecule has 0 heterocycles. The van der Waals surface area contributed by atoms with Gasteiger partial charge in [0.05, 0.1) is 11.6 Å². The lowest BCUT2D eigenvalue weighted by Gasteiger charge is -2.10. The van der Waals surface area contributed by atoms with Crippen molar-refractivity contribution in [3.05, 3.63) is 111 Å². The van der Waals surface area contributed by atoms with E-state index in [0.29, 0.717) is 54.6 Å². The molecule has 0 spiro atoms. The maximum absolute atomic E-state index is 15.2. The molecule has 0 aliphatic rings. The van der Waals surface area contributed by atoms with Gasteiger partial charge >= 0.3 is 0 Å². The number of benzene rings is 4. The molecular weight excluding hydrogens is 481 g/mol. The van der Waals surface area contributed by atoms with Gasteiger partial charge in [0.25, 0.3) is 0 Å². The van der Waals surface area contributed by atoms with Crippen LogP contribution < -0.4 is 4.74 Å². The molecule has 0 atom stereocenters. The van der Waals surface area contributed by atoms with E-state index in [-0.39, 0.29) is 16.7 Å². The predicted octanol–water partition coefficient (Wildman–Crippen LogP) is 9.05. The molecule has 0 radical (unpaired) electrons. The van der Waals surface area contributed by atoms with E-state index < -0.39 is 5.82 Å². The lowest BCUT2D eigenvalue weighted by atomic mass is 9.97. The molecule has 0 fully saturated rings. The van der Waals surface area contributed by atoms with Crippen LogP contribution in [0.5, 0.6) is 5.75 Å². The maximum Gasteiger partial charge on any atom is 0.142 e. The van der Waals surface area contributed by atoms with Crippen LogP contribution in [0.25, 0.3) is 10.8 Å². The standard InChI is InChI=1S/C31H30ClF3O/c1-2-3-4-17-36-26-14-13-23(29(33)20-26)9-5-21-7-15-27-25(18-21)12-11-24(31(27)35)10-6-22-8-16-28(32)30(34)19-22/h7-8,11-16,18-20H,2-6,9-10,17H2,1H3. The van der Waals surface area contributed by atoms with Crippen molar-refractivity contribution >= 4 is 22.4 Å². The number of aryl methyl sites for hydroxylation is 4. The van der Waals surface area contributed by atoms with Crippen LogP contribution in [0.3, 0.4) is 0 Å². The van der Waals surface area contributed by atoms with Gasteiger partial charge in [0.2, 0.25) is 0 Å². The van der Waals surface area contributed by atoms with Crippen molar-refractivity contribution in [2.24, 2.45) is 0 Å². The second-order valence-electron chi connectivity index (χ2n) is 9.15. The Labute approximate surface area is 215 Å². The van der Waals surface area contributed by atoms with E-state index in [1.807, 2.05) is 24.3 Å². The lowest BCUT2D eigenvalue weighted by Crippen LogP contribution is -2.00. The fourth-order valence-electron chi connectivity index (χ4n) is 4.35. The molecule has 36 heavy (non-hydrogen) atoms. The van der Waals surface area contributed by atoms with Gasteiger partial charge in [0.15, 0.2) is 0 Å². The minimum absolute atomic E-state index is 0.0815. The van der Waals surface area contributed by atoms with E-state index in [2.05, 4.69) is 6.92 Å². The number of hydrogen-bond acceptors (Lipinski definition) is 1. The van der Waals surface area contributed by atoms with Crippen molar-refractivity contribution in [1.82, 2.24) is 0 Å². The Bertz CT molecular complexity index is 1340. The van der Waals surface area contributed by atoms with Crippen molar-refractivity contribution in [2.75, 3.05) is 6.61 Å². The number of fused-ring (bicyclic) bond motifs is 1. The van der Waals surface area contributed by atoms with Gasteiger partial charge in [0.1, 0.15) is 23.2 Å². The summed E-state index contributed by atoms with van der Waals surface area (Å²) in [6, 6.07) is 19.1. The number of unbranched alkanes of at least 4 members (excludes halogenated alkanes) is 2. The van der Waals surface area contributed by atoms with E-state index in [0.717, 1.165) is 35.8 Å². The zero-order valence-electron chi connectivity index (χ0n) is 20.4. The number of rotatable bonds is 11. The smallest absolute Gasteiger partial charge is 0.142 e. The van der Waals surface area contributed by atoms with E-state index in [1.54, 1.807) is 24.3 Å². The van der Waals surface area contributed by atoms with Crippen LogP contribution in [0.15, 0.2) is 66.7 Å². The van der Waals surface area contributed by atoms with Gasteiger partial charge in [-0.25, -0.2) is 13.2 Å². The Morgan fingerprint density at radius 3 is 2.17 bits per heavy atom. The van der Waals surface area contributed by atoms with Crippen LogP contribution in [0.1, 0.15) is 48.4 Å². The van der Waals surface area contributed by atoms with Crippen LogP contribution in [0.2, 0.25) is 5.02 Å². The maximum atomic E-state index is 15.2. The summed E-state index contributed by atoms with van der Waals surface area (Å²) >= 11 is 5.74. The average Bonchev–Trinajstić information content (AvgIpc) is 2.87. The first-order chi connectivity index (χ1) is 17.4. The molecule has 4 aromatic carbocycles. The predicted molar refractivity (Wildman–Crippen MR) is 142 cm³/mol. The topological polar surface area (TPSA) is 9.23 Å². The van der Waals surface area contributed by atoms with Gasteiger partial charge in [0, 0.05) is 11.5 Å². The summed E-state index contributed by atoms with van der Waals surface area (Å²) in [7, 11) is 0. The van der Waals surface area contributed by atoms with Gasteiger partial charge in [-0.1, -0.05) is 73.8 Å². The Hall–Kier alpha value is -2.98. The summed E-state index contributed by atoms with van der Waals surface area (Å²) in [4.78, 5) is 0. The van der Waals surface area contributed by atoms with Crippen LogP contribution in [-0.2, 0) is 25.7 Å². The lowest BCUT2D eigenvalue weighted by molar-refractivity contribution is 0.304. The van der Waals surface area contributed by atoms with Crippen molar-refractivity contribution in [3.8, 4) is 5.75 Å². The number of hydrogen-bond donors (Lipinski definition) is 0. The van der Waals surface area contributed by atoms with E-state index in [9.17, 15) is 8.78 Å². The van der Waals surface area contributed by atoms with Crippen molar-refractivity contribution in [1.29, 1.82) is 0 Å². The normalized spacial score (nSPS) is 11.2. The summed E-state index contributed by atoms with van der Waals surface area (Å²) in [6.45, 7) is 2.73. The fraction of sp³-hybridized carbons (Fsp3) is 0.290. The van der Waals surface area contributed by atoms with E-state index in [1.165, 1.54) is 18.2 Å². The molecule has 0 amide bonds. The first-order valence-corrected chi connectivity index (χ1v) is 12.9. The van der Waals surface area contributed by atoms with Gasteiger partial charge in [-0.15, -0.1) is 0 Å². The summed E-state index contributed by atoms with van der Waals surface area (Å²) in [5.74, 6) is -0.424. The highest BCUT2D eigenvalue weighted by Gasteiger charge is 2.11. The summed E-state index contributed by atoms with van der Waals surface area (Å²) in [6.07, 6.45) is 5.35. The van der Waals surface area contributed by atoms with Gasteiger partial charge in [-0.05, 0) is 77.9 Å². The highest BCUT2D eigenvalue weighted by Crippen LogP contribution is 2.25. The molecule has 0 saturated carbocycles. The summed E-state index contributed by atoms with van der Waals surface area (Å²) in [5.41, 5.74) is 3.02. The quantitative estimate of drug-likeness (QED) is 0.183. The van der Waals surface area contributed by atoms with Gasteiger partial charge in [-0.2, -0.15) is 0 Å². The van der Waals surface area contributed by atoms with Crippen molar-refractivity contribution < 1.29 is 17.9 Å². The SMILES string of the molecule is CCCCCOc1ccc(CCc2ccc3c(F)c(CCc4ccc(Cl)c(F)c4)ccc3c2)c(F)c1. The summed E-state index contributed by atoms with van der Waals surface area (Å²) < 4.78 is 49.0. The molecule has 0 N–H and O–H groups in total. The molecule has 0 aromatic heterocycles. The zero-order valence-corrected chi connectivity index (χ0v) is 21.2. The molecule has 5 heteroatoms. The largest absolute Gasteiger partial charge is 0.493 e. The number of halogens is 4. The number of ether oxygens (including phenoxy) is 1. The molecule has 1 nitrogen and oxygen atoms in total. The van der Waals surface area contributed by atoms with Crippen LogP contribution in [0, 0.1) is 17.5 Å². The minimum atomic E-state index is -0.466. The molecule has 0 aliphatic carbocycles. The molecule has 188 valence electrons. The molecular formula is C31H30ClF3O. The van der Waals surface area contributed by atoms with Crippen molar-refractivity contribution in [3.63, 3.8) is 0 Å². The molecule has 4 rings (SSSR count). The highest BCUT2D eigenvalue weighted by molar-refractivity contribution is 6.30. The molecule has 0 saturated heterocycles. The Morgan fingerprint density at radius 2 is 1.42 bits per heavy atom. The molecule has 4 aromatic rings. The van der Waals surface area contributed by atoms with Gasteiger partial charge in [-0.3, -0.25) is 0 Å². The first kappa shape index (κ1) is 26.1. The second-order valence-corrected chi connectivity index (χ2v) is 9.56. The minimum Gasteiger partial charge on any atom is -0.493 e. The van der Waals surface area contributed by atoms with E-state index >= 15 is 4.39 Å². The Balaban J connectivity index is 1.38. The molecule has 0 bridgehead atoms. The third kappa shape index (κ3) is 6.61. The zero-order chi connectivity index (χ0) is 25.5. The van der Waals surface area contributed by atoms with Crippen LogP contribution in [-0.4, -0.2) is 6.61 Å². The third-order valence-corrected chi connectivity index (χ3v) is 6.80. The monoisotopic (exact) mass is 510 g/mol. The second kappa shape index (κ2) is 12.3. The van der Waals surface area contributed by atoms with Gasteiger partial charge < -0.3 is 4.74 Å². The third-order valence-electron chi connectivity index (χ3n) is 6.49. The van der Waals surface area contributed by atoms with E-state index in [4.69, 9.17) is 16.3 Å².